The zero-order valence-electron chi connectivity index (χ0n) is 16.3. The summed E-state index contributed by atoms with van der Waals surface area (Å²) in [6.45, 7) is 10.7. The second-order valence-electron chi connectivity index (χ2n) is 7.24. The van der Waals surface area contributed by atoms with Crippen LogP contribution in [0.5, 0.6) is 5.75 Å². The van der Waals surface area contributed by atoms with Gasteiger partial charge in [0, 0.05) is 30.6 Å². The Hall–Kier alpha value is -1.96. The molecule has 2 aromatic rings. The van der Waals surface area contributed by atoms with E-state index < -0.39 is 0 Å². The van der Waals surface area contributed by atoms with Crippen molar-refractivity contribution >= 4 is 22.4 Å². The summed E-state index contributed by atoms with van der Waals surface area (Å²) in [6.07, 6.45) is 0.569. The molecule has 6 nitrogen and oxygen atoms in total. The smallest absolute Gasteiger partial charge is 0.257 e. The second-order valence-corrected chi connectivity index (χ2v) is 8.10. The third kappa shape index (κ3) is 5.76. The molecule has 2 heterocycles. The quantitative estimate of drug-likeness (QED) is 0.814. The van der Waals surface area contributed by atoms with Crippen molar-refractivity contribution in [3.63, 3.8) is 0 Å². The number of ether oxygens (including phenoxy) is 2. The normalized spacial score (nSPS) is 20.6. The average Bonchev–Trinajstić information content (AvgIpc) is 3.00. The van der Waals surface area contributed by atoms with Crippen molar-refractivity contribution < 1.29 is 14.3 Å². The molecule has 146 valence electrons. The largest absolute Gasteiger partial charge is 0.491 e. The summed E-state index contributed by atoms with van der Waals surface area (Å²) in [6, 6.07) is 7.14. The van der Waals surface area contributed by atoms with Crippen molar-refractivity contribution in [3.8, 4) is 5.75 Å². The van der Waals surface area contributed by atoms with Crippen LogP contribution in [-0.4, -0.2) is 47.2 Å². The molecule has 1 amide bonds. The molecule has 0 radical (unpaired) electrons. The number of morpholine rings is 1. The van der Waals surface area contributed by atoms with E-state index in [-0.39, 0.29) is 24.2 Å². The standard InChI is InChI=1S/C20H27N3O3S/c1-13(2)25-18-7-5-16(6-8-18)19(24)22-20-21-17(12-27-20)11-23-9-14(3)26-15(4)10-23/h5-8,12-15H,9-11H2,1-4H3,(H,21,22,24)/t14-,15-/m1/s1. The topological polar surface area (TPSA) is 63.7 Å². The molecular weight excluding hydrogens is 362 g/mol. The molecule has 3 rings (SSSR count). The number of hydrogen-bond donors (Lipinski definition) is 1. The third-order valence-electron chi connectivity index (χ3n) is 4.14. The SMILES string of the molecule is CC(C)Oc1ccc(C(=O)Nc2nc(CN3C[C@@H](C)O[C@H](C)C3)cs2)cc1. The summed E-state index contributed by atoms with van der Waals surface area (Å²) in [5.41, 5.74) is 1.55. The lowest BCUT2D eigenvalue weighted by atomic mass is 10.2. The maximum atomic E-state index is 12.4. The number of aromatic nitrogens is 1. The summed E-state index contributed by atoms with van der Waals surface area (Å²) < 4.78 is 11.4. The summed E-state index contributed by atoms with van der Waals surface area (Å²) in [7, 11) is 0. The number of carbonyl (C=O) groups is 1. The van der Waals surface area contributed by atoms with Gasteiger partial charge < -0.3 is 9.47 Å². The van der Waals surface area contributed by atoms with Gasteiger partial charge in [-0.1, -0.05) is 0 Å². The molecule has 1 aliphatic rings. The Balaban J connectivity index is 1.56. The van der Waals surface area contributed by atoms with Crippen LogP contribution >= 0.6 is 11.3 Å². The van der Waals surface area contributed by atoms with Gasteiger partial charge in [0.05, 0.1) is 24.0 Å². The maximum absolute atomic E-state index is 12.4. The van der Waals surface area contributed by atoms with Crippen LogP contribution in [0, 0.1) is 0 Å². The van der Waals surface area contributed by atoms with Gasteiger partial charge in [0.15, 0.2) is 5.13 Å². The molecule has 0 bridgehead atoms. The second kappa shape index (κ2) is 8.82. The Bertz CT molecular complexity index is 750. The first kappa shape index (κ1) is 19.8. The molecule has 0 unspecified atom stereocenters. The van der Waals surface area contributed by atoms with E-state index in [4.69, 9.17) is 9.47 Å². The first-order valence-corrected chi connectivity index (χ1v) is 10.2. The Kier molecular flexibility index (Phi) is 6.46. The molecule has 1 aromatic carbocycles. The van der Waals surface area contributed by atoms with Crippen molar-refractivity contribution in [2.75, 3.05) is 18.4 Å². The van der Waals surface area contributed by atoms with Crippen LogP contribution in [0.2, 0.25) is 0 Å². The fourth-order valence-electron chi connectivity index (χ4n) is 3.21. The molecule has 1 saturated heterocycles. The maximum Gasteiger partial charge on any atom is 0.257 e. The Labute approximate surface area is 164 Å². The summed E-state index contributed by atoms with van der Waals surface area (Å²) in [4.78, 5) is 19.3. The highest BCUT2D eigenvalue weighted by Gasteiger charge is 2.22. The number of nitrogens with zero attached hydrogens (tertiary/aromatic N) is 2. The van der Waals surface area contributed by atoms with E-state index in [1.165, 1.54) is 11.3 Å². The molecule has 0 saturated carbocycles. The molecule has 1 aliphatic heterocycles. The fraction of sp³-hybridized carbons (Fsp3) is 0.500. The number of benzene rings is 1. The first-order chi connectivity index (χ1) is 12.9. The van der Waals surface area contributed by atoms with Gasteiger partial charge in [0.1, 0.15) is 5.75 Å². The fourth-order valence-corrected chi connectivity index (χ4v) is 3.90. The van der Waals surface area contributed by atoms with Crippen molar-refractivity contribution in [1.29, 1.82) is 0 Å². The van der Waals surface area contributed by atoms with E-state index in [2.05, 4.69) is 29.0 Å². The lowest BCUT2D eigenvalue weighted by Gasteiger charge is -2.34. The van der Waals surface area contributed by atoms with Crippen LogP contribution in [0.15, 0.2) is 29.6 Å². The van der Waals surface area contributed by atoms with Crippen molar-refractivity contribution in [2.24, 2.45) is 0 Å². The van der Waals surface area contributed by atoms with E-state index in [1.54, 1.807) is 12.1 Å². The summed E-state index contributed by atoms with van der Waals surface area (Å²) in [5, 5.41) is 5.50. The highest BCUT2D eigenvalue weighted by molar-refractivity contribution is 7.13. The van der Waals surface area contributed by atoms with Crippen molar-refractivity contribution in [1.82, 2.24) is 9.88 Å². The van der Waals surface area contributed by atoms with Crippen LogP contribution < -0.4 is 10.1 Å². The van der Waals surface area contributed by atoms with Gasteiger partial charge >= 0.3 is 0 Å². The van der Waals surface area contributed by atoms with Gasteiger partial charge in [0.25, 0.3) is 5.91 Å². The van der Waals surface area contributed by atoms with Crippen LogP contribution in [0.3, 0.4) is 0 Å². The predicted molar refractivity (Wildman–Crippen MR) is 108 cm³/mol. The molecule has 0 aliphatic carbocycles. The Morgan fingerprint density at radius 3 is 2.59 bits per heavy atom. The average molecular weight is 390 g/mol. The number of thiazole rings is 1. The van der Waals surface area contributed by atoms with Gasteiger partial charge in [-0.05, 0) is 52.0 Å². The highest BCUT2D eigenvalue weighted by Crippen LogP contribution is 2.20. The Morgan fingerprint density at radius 1 is 1.30 bits per heavy atom. The number of carbonyl (C=O) groups excluding carboxylic acids is 1. The van der Waals surface area contributed by atoms with Crippen LogP contribution in [0.4, 0.5) is 5.13 Å². The number of rotatable bonds is 6. The Morgan fingerprint density at radius 2 is 1.96 bits per heavy atom. The zero-order chi connectivity index (χ0) is 19.4. The molecule has 1 aromatic heterocycles. The van der Waals surface area contributed by atoms with Gasteiger partial charge in [-0.3, -0.25) is 15.0 Å². The third-order valence-corrected chi connectivity index (χ3v) is 4.95. The minimum Gasteiger partial charge on any atom is -0.491 e. The van der Waals surface area contributed by atoms with Gasteiger partial charge in [-0.25, -0.2) is 4.98 Å². The molecule has 27 heavy (non-hydrogen) atoms. The lowest BCUT2D eigenvalue weighted by molar-refractivity contribution is -0.0707. The van der Waals surface area contributed by atoms with E-state index in [0.29, 0.717) is 10.7 Å². The van der Waals surface area contributed by atoms with Crippen molar-refractivity contribution in [2.45, 2.75) is 52.6 Å². The number of anilines is 1. The van der Waals surface area contributed by atoms with Crippen LogP contribution in [-0.2, 0) is 11.3 Å². The zero-order valence-corrected chi connectivity index (χ0v) is 17.1. The molecule has 7 heteroatoms. The van der Waals surface area contributed by atoms with E-state index in [1.807, 2.05) is 31.4 Å². The van der Waals surface area contributed by atoms with Gasteiger partial charge in [-0.15, -0.1) is 11.3 Å². The number of amides is 1. The monoisotopic (exact) mass is 389 g/mol. The molecular formula is C20H27N3O3S. The molecule has 1 N–H and O–H groups in total. The molecule has 0 spiro atoms. The molecule has 1 fully saturated rings. The minimum absolute atomic E-state index is 0.107. The van der Waals surface area contributed by atoms with Crippen LogP contribution in [0.25, 0.3) is 0 Å². The van der Waals surface area contributed by atoms with Crippen LogP contribution in [0.1, 0.15) is 43.7 Å². The first-order valence-electron chi connectivity index (χ1n) is 9.29. The number of nitrogens with one attached hydrogen (secondary N) is 1. The number of hydrogen-bond acceptors (Lipinski definition) is 6. The van der Waals surface area contributed by atoms with Gasteiger partial charge in [0.2, 0.25) is 0 Å². The van der Waals surface area contributed by atoms with E-state index in [0.717, 1.165) is 31.1 Å². The lowest BCUT2D eigenvalue weighted by Crippen LogP contribution is -2.44. The van der Waals surface area contributed by atoms with E-state index >= 15 is 0 Å². The predicted octanol–water partition coefficient (Wildman–Crippen LogP) is 3.79. The minimum atomic E-state index is -0.166. The van der Waals surface area contributed by atoms with E-state index in [9.17, 15) is 4.79 Å². The highest BCUT2D eigenvalue weighted by atomic mass is 32.1. The summed E-state index contributed by atoms with van der Waals surface area (Å²) in [5.74, 6) is 0.590. The van der Waals surface area contributed by atoms with Gasteiger partial charge in [-0.2, -0.15) is 0 Å². The van der Waals surface area contributed by atoms with Crippen molar-refractivity contribution in [3.05, 3.63) is 40.9 Å². The summed E-state index contributed by atoms with van der Waals surface area (Å²) >= 11 is 1.45. The molecule has 2 atom stereocenters.